The molecule has 3 aromatic rings. The van der Waals surface area contributed by atoms with Gasteiger partial charge in [0.05, 0.1) is 17.0 Å². The van der Waals surface area contributed by atoms with E-state index in [0.29, 0.717) is 10.8 Å². The number of carbonyl (C=O) groups excluding carboxylic acids is 2. The molecule has 2 N–H and O–H groups in total. The van der Waals surface area contributed by atoms with E-state index < -0.39 is 17.6 Å². The smallest absolute Gasteiger partial charge is 0.267 e. The third-order valence-corrected chi connectivity index (χ3v) is 3.94. The van der Waals surface area contributed by atoms with E-state index >= 15 is 0 Å². The minimum atomic E-state index is -0.803. The van der Waals surface area contributed by atoms with E-state index in [4.69, 9.17) is 0 Å². The van der Waals surface area contributed by atoms with Gasteiger partial charge < -0.3 is 0 Å². The standard InChI is InChI=1S/C19H17FN4O3/c1-11(2)24-19(27)13-8-4-3-7-12(13)16(23-24)18(26)22-21-17(25)14-9-5-6-10-15(14)20/h3-11H,1-2H3,(H,21,25)(H,22,26). The van der Waals surface area contributed by atoms with Gasteiger partial charge in [-0.1, -0.05) is 30.3 Å². The van der Waals surface area contributed by atoms with E-state index in [0.717, 1.165) is 6.07 Å². The highest BCUT2D eigenvalue weighted by Gasteiger charge is 2.19. The van der Waals surface area contributed by atoms with Crippen molar-refractivity contribution in [1.29, 1.82) is 0 Å². The average molecular weight is 368 g/mol. The molecule has 0 unspecified atom stereocenters. The summed E-state index contributed by atoms with van der Waals surface area (Å²) in [7, 11) is 0. The zero-order chi connectivity index (χ0) is 19.6. The molecule has 138 valence electrons. The second-order valence-corrected chi connectivity index (χ2v) is 6.13. The normalized spacial score (nSPS) is 10.8. The molecule has 0 fully saturated rings. The fraction of sp³-hybridized carbons (Fsp3) is 0.158. The highest BCUT2D eigenvalue weighted by Crippen LogP contribution is 2.14. The van der Waals surface area contributed by atoms with Gasteiger partial charge in [-0.25, -0.2) is 9.07 Å². The van der Waals surface area contributed by atoms with E-state index in [9.17, 15) is 18.8 Å². The molecule has 0 atom stereocenters. The van der Waals surface area contributed by atoms with Gasteiger partial charge in [0.15, 0.2) is 5.69 Å². The van der Waals surface area contributed by atoms with Gasteiger partial charge in [0.1, 0.15) is 5.82 Å². The topological polar surface area (TPSA) is 93.1 Å². The maximum atomic E-state index is 13.7. The van der Waals surface area contributed by atoms with E-state index in [2.05, 4.69) is 16.0 Å². The molecule has 0 aliphatic carbocycles. The van der Waals surface area contributed by atoms with Crippen molar-refractivity contribution in [2.75, 3.05) is 0 Å². The first kappa shape index (κ1) is 18.2. The van der Waals surface area contributed by atoms with Crippen LogP contribution < -0.4 is 16.4 Å². The molecule has 7 nitrogen and oxygen atoms in total. The second kappa shape index (κ2) is 7.36. The fourth-order valence-corrected chi connectivity index (χ4v) is 2.61. The summed E-state index contributed by atoms with van der Waals surface area (Å²) in [5, 5.41) is 4.83. The Kier molecular flexibility index (Phi) is 4.98. The highest BCUT2D eigenvalue weighted by molar-refractivity contribution is 6.06. The Morgan fingerprint density at radius 2 is 1.56 bits per heavy atom. The van der Waals surface area contributed by atoms with Crippen LogP contribution in [0.2, 0.25) is 0 Å². The highest BCUT2D eigenvalue weighted by atomic mass is 19.1. The fourth-order valence-electron chi connectivity index (χ4n) is 2.61. The van der Waals surface area contributed by atoms with Crippen molar-refractivity contribution in [2.24, 2.45) is 0 Å². The van der Waals surface area contributed by atoms with Gasteiger partial charge in [0, 0.05) is 5.39 Å². The zero-order valence-electron chi connectivity index (χ0n) is 14.7. The number of rotatable bonds is 3. The van der Waals surface area contributed by atoms with Crippen LogP contribution in [0.4, 0.5) is 4.39 Å². The van der Waals surface area contributed by atoms with Crippen LogP contribution in [0.15, 0.2) is 53.3 Å². The Morgan fingerprint density at radius 3 is 2.22 bits per heavy atom. The molecule has 0 aliphatic rings. The number of halogens is 1. The number of amides is 2. The molecule has 0 saturated carbocycles. The largest absolute Gasteiger partial charge is 0.290 e. The Hall–Kier alpha value is -3.55. The number of benzene rings is 2. The summed E-state index contributed by atoms with van der Waals surface area (Å²) in [4.78, 5) is 37.1. The van der Waals surface area contributed by atoms with Crippen LogP contribution in [-0.4, -0.2) is 21.6 Å². The van der Waals surface area contributed by atoms with Gasteiger partial charge in [0.25, 0.3) is 17.4 Å². The lowest BCUT2D eigenvalue weighted by Gasteiger charge is -2.14. The third-order valence-electron chi connectivity index (χ3n) is 3.94. The van der Waals surface area contributed by atoms with E-state index in [1.165, 1.54) is 22.9 Å². The molecule has 8 heteroatoms. The number of hydrazine groups is 1. The Labute approximate surface area is 153 Å². The summed E-state index contributed by atoms with van der Waals surface area (Å²) >= 11 is 0. The quantitative estimate of drug-likeness (QED) is 0.693. The van der Waals surface area contributed by atoms with Gasteiger partial charge in [-0.3, -0.25) is 25.2 Å². The van der Waals surface area contributed by atoms with Gasteiger partial charge >= 0.3 is 0 Å². The first-order chi connectivity index (χ1) is 12.9. The number of aromatic nitrogens is 2. The maximum absolute atomic E-state index is 13.7. The molecule has 1 aromatic heterocycles. The van der Waals surface area contributed by atoms with Gasteiger partial charge in [0.2, 0.25) is 0 Å². The molecule has 0 bridgehead atoms. The monoisotopic (exact) mass is 368 g/mol. The second-order valence-electron chi connectivity index (χ2n) is 6.13. The minimum absolute atomic E-state index is 0.0206. The van der Waals surface area contributed by atoms with Crippen molar-refractivity contribution in [3.63, 3.8) is 0 Å². The molecule has 0 spiro atoms. The summed E-state index contributed by atoms with van der Waals surface area (Å²) in [5.41, 5.74) is 3.84. The summed E-state index contributed by atoms with van der Waals surface area (Å²) in [6.45, 7) is 3.54. The Bertz CT molecular complexity index is 1090. The van der Waals surface area contributed by atoms with Crippen LogP contribution in [0.5, 0.6) is 0 Å². The first-order valence-electron chi connectivity index (χ1n) is 8.27. The van der Waals surface area contributed by atoms with Gasteiger partial charge in [-0.15, -0.1) is 0 Å². The molecule has 0 radical (unpaired) electrons. The van der Waals surface area contributed by atoms with Crippen LogP contribution in [0, 0.1) is 5.82 Å². The molecule has 3 rings (SSSR count). The van der Waals surface area contributed by atoms with Crippen LogP contribution in [-0.2, 0) is 0 Å². The van der Waals surface area contributed by atoms with Crippen molar-refractivity contribution >= 4 is 22.6 Å². The van der Waals surface area contributed by atoms with Crippen LogP contribution in [0.25, 0.3) is 10.8 Å². The molecule has 0 aliphatic heterocycles. The van der Waals surface area contributed by atoms with Crippen molar-refractivity contribution < 1.29 is 14.0 Å². The molecular formula is C19H17FN4O3. The number of hydrogen-bond acceptors (Lipinski definition) is 4. The Morgan fingerprint density at radius 1 is 0.963 bits per heavy atom. The van der Waals surface area contributed by atoms with Gasteiger partial charge in [-0.2, -0.15) is 5.10 Å². The molecule has 27 heavy (non-hydrogen) atoms. The van der Waals surface area contributed by atoms with Crippen LogP contribution in [0.1, 0.15) is 40.7 Å². The molecule has 0 saturated heterocycles. The van der Waals surface area contributed by atoms with E-state index in [-0.39, 0.29) is 22.9 Å². The first-order valence-corrected chi connectivity index (χ1v) is 8.27. The maximum Gasteiger partial charge on any atom is 0.290 e. The minimum Gasteiger partial charge on any atom is -0.267 e. The van der Waals surface area contributed by atoms with E-state index in [1.54, 1.807) is 38.1 Å². The number of carbonyl (C=O) groups is 2. The summed E-state index contributed by atoms with van der Waals surface area (Å²) in [6, 6.07) is 11.7. The number of hydrogen-bond donors (Lipinski definition) is 2. The lowest BCUT2D eigenvalue weighted by molar-refractivity contribution is 0.0841. The average Bonchev–Trinajstić information content (AvgIpc) is 2.66. The third kappa shape index (κ3) is 3.55. The molecular weight excluding hydrogens is 351 g/mol. The predicted molar refractivity (Wildman–Crippen MR) is 97.7 cm³/mol. The zero-order valence-corrected chi connectivity index (χ0v) is 14.7. The molecule has 2 amide bonds. The Balaban J connectivity index is 1.92. The summed E-state index contributed by atoms with van der Waals surface area (Å²) < 4.78 is 14.9. The predicted octanol–water partition coefficient (Wildman–Crippen LogP) is 2.19. The number of nitrogens with one attached hydrogen (secondary N) is 2. The van der Waals surface area contributed by atoms with Crippen molar-refractivity contribution in [3.8, 4) is 0 Å². The lowest BCUT2D eigenvalue weighted by Crippen LogP contribution is -2.43. The molecule has 1 heterocycles. The van der Waals surface area contributed by atoms with Crippen molar-refractivity contribution in [3.05, 3.63) is 76.0 Å². The summed E-state index contributed by atoms with van der Waals surface area (Å²) in [6.07, 6.45) is 0. The van der Waals surface area contributed by atoms with E-state index in [1.807, 2.05) is 0 Å². The molecule has 2 aromatic carbocycles. The SMILES string of the molecule is CC(C)n1nc(C(=O)NNC(=O)c2ccccc2F)c2ccccc2c1=O. The van der Waals surface area contributed by atoms with Crippen molar-refractivity contribution in [2.45, 2.75) is 19.9 Å². The van der Waals surface area contributed by atoms with Crippen LogP contribution in [0.3, 0.4) is 0 Å². The van der Waals surface area contributed by atoms with Crippen molar-refractivity contribution in [1.82, 2.24) is 20.6 Å². The lowest BCUT2D eigenvalue weighted by atomic mass is 10.1. The number of nitrogens with zero attached hydrogens (tertiary/aromatic N) is 2. The number of fused-ring (bicyclic) bond motifs is 1. The van der Waals surface area contributed by atoms with Crippen LogP contribution >= 0.6 is 0 Å². The van der Waals surface area contributed by atoms with Gasteiger partial charge in [-0.05, 0) is 32.0 Å². The summed E-state index contributed by atoms with van der Waals surface area (Å²) in [5.74, 6) is -2.23.